The molecule has 8 heteroatoms. The van der Waals surface area contributed by atoms with Crippen molar-refractivity contribution in [2.24, 2.45) is 5.73 Å². The summed E-state index contributed by atoms with van der Waals surface area (Å²) in [5, 5.41) is 7.43. The van der Waals surface area contributed by atoms with Crippen molar-refractivity contribution in [2.75, 3.05) is 5.32 Å². The van der Waals surface area contributed by atoms with Gasteiger partial charge in [0, 0.05) is 37.1 Å². The Bertz CT molecular complexity index is 1190. The van der Waals surface area contributed by atoms with E-state index in [4.69, 9.17) is 5.73 Å². The highest BCUT2D eigenvalue weighted by Crippen LogP contribution is 2.16. The highest BCUT2D eigenvalue weighted by molar-refractivity contribution is 6.02. The molecule has 3 heterocycles. The second-order valence-corrected chi connectivity index (χ2v) is 6.52. The van der Waals surface area contributed by atoms with Crippen LogP contribution in [0.2, 0.25) is 0 Å². The number of fused-ring (bicyclic) bond motifs is 1. The minimum absolute atomic E-state index is 0.123. The standard InChI is InChI=1S/C21H18N6O2/c22-20(29)16-5-1-3-14(9-16)10-18(28)17-13-25-27-8-6-19(26-21(17)27)24-12-15-4-2-7-23-11-15/h1-9,11,13H,10,12H2,(H2,22,29)(H,24,26). The number of pyridine rings is 1. The second-order valence-electron chi connectivity index (χ2n) is 6.52. The molecule has 144 valence electrons. The van der Waals surface area contributed by atoms with Crippen LogP contribution in [0.1, 0.15) is 31.8 Å². The highest BCUT2D eigenvalue weighted by Gasteiger charge is 2.16. The first-order chi connectivity index (χ1) is 14.1. The molecule has 0 bridgehead atoms. The lowest BCUT2D eigenvalue weighted by Crippen LogP contribution is -2.12. The van der Waals surface area contributed by atoms with Gasteiger partial charge in [0.1, 0.15) is 5.82 Å². The molecule has 0 saturated heterocycles. The number of benzene rings is 1. The molecule has 0 aliphatic rings. The number of carbonyl (C=O) groups excluding carboxylic acids is 2. The van der Waals surface area contributed by atoms with E-state index in [2.05, 4.69) is 20.4 Å². The minimum atomic E-state index is -0.527. The Labute approximate surface area is 166 Å². The van der Waals surface area contributed by atoms with Crippen LogP contribution < -0.4 is 11.1 Å². The first-order valence-corrected chi connectivity index (χ1v) is 8.99. The van der Waals surface area contributed by atoms with Gasteiger partial charge in [0.15, 0.2) is 11.4 Å². The maximum atomic E-state index is 12.8. The number of primary amides is 1. The number of aromatic nitrogens is 4. The molecule has 0 fully saturated rings. The van der Waals surface area contributed by atoms with Gasteiger partial charge in [-0.3, -0.25) is 14.6 Å². The molecule has 0 aliphatic carbocycles. The minimum Gasteiger partial charge on any atom is -0.366 e. The van der Waals surface area contributed by atoms with Gasteiger partial charge in [0.25, 0.3) is 0 Å². The van der Waals surface area contributed by atoms with Crippen molar-refractivity contribution < 1.29 is 9.59 Å². The van der Waals surface area contributed by atoms with Crippen molar-refractivity contribution in [3.05, 3.63) is 89.5 Å². The molecule has 0 saturated carbocycles. The lowest BCUT2D eigenvalue weighted by molar-refractivity contribution is 0.0985. The van der Waals surface area contributed by atoms with E-state index in [1.54, 1.807) is 53.4 Å². The zero-order chi connectivity index (χ0) is 20.2. The van der Waals surface area contributed by atoms with Gasteiger partial charge >= 0.3 is 0 Å². The van der Waals surface area contributed by atoms with E-state index < -0.39 is 5.91 Å². The number of nitrogens with two attached hydrogens (primary N) is 1. The number of hydrogen-bond donors (Lipinski definition) is 2. The van der Waals surface area contributed by atoms with Gasteiger partial charge in [-0.25, -0.2) is 9.50 Å². The van der Waals surface area contributed by atoms with Gasteiger partial charge in [-0.2, -0.15) is 5.10 Å². The van der Waals surface area contributed by atoms with Crippen molar-refractivity contribution in [3.63, 3.8) is 0 Å². The number of amides is 1. The van der Waals surface area contributed by atoms with Gasteiger partial charge in [-0.1, -0.05) is 18.2 Å². The zero-order valence-corrected chi connectivity index (χ0v) is 15.4. The molecule has 0 unspecified atom stereocenters. The normalized spacial score (nSPS) is 10.8. The van der Waals surface area contributed by atoms with Crippen LogP contribution in [0.25, 0.3) is 5.65 Å². The second kappa shape index (κ2) is 7.89. The third-order valence-electron chi connectivity index (χ3n) is 4.44. The summed E-state index contributed by atoms with van der Waals surface area (Å²) in [5.41, 5.74) is 8.29. The van der Waals surface area contributed by atoms with Crippen LogP contribution in [0.5, 0.6) is 0 Å². The van der Waals surface area contributed by atoms with Crippen molar-refractivity contribution in [1.29, 1.82) is 0 Å². The third-order valence-corrected chi connectivity index (χ3v) is 4.44. The van der Waals surface area contributed by atoms with Gasteiger partial charge in [-0.05, 0) is 35.4 Å². The summed E-state index contributed by atoms with van der Waals surface area (Å²) in [5.74, 6) is -0.0357. The lowest BCUT2D eigenvalue weighted by atomic mass is 10.0. The molecule has 0 radical (unpaired) electrons. The number of Topliss-reactive ketones (excluding diaryl/α,β-unsaturated/α-hetero) is 1. The topological polar surface area (TPSA) is 115 Å². The molecule has 0 spiro atoms. The first-order valence-electron chi connectivity index (χ1n) is 8.99. The lowest BCUT2D eigenvalue weighted by Gasteiger charge is -2.06. The predicted molar refractivity (Wildman–Crippen MR) is 108 cm³/mol. The zero-order valence-electron chi connectivity index (χ0n) is 15.4. The van der Waals surface area contributed by atoms with E-state index in [1.807, 2.05) is 12.1 Å². The number of carbonyl (C=O) groups is 2. The summed E-state index contributed by atoms with van der Waals surface area (Å²) in [6.45, 7) is 0.564. The number of nitrogens with one attached hydrogen (secondary N) is 1. The fraction of sp³-hybridized carbons (Fsp3) is 0.0952. The molecule has 3 N–H and O–H groups in total. The highest BCUT2D eigenvalue weighted by atomic mass is 16.1. The summed E-state index contributed by atoms with van der Waals surface area (Å²) in [4.78, 5) is 32.8. The van der Waals surface area contributed by atoms with E-state index >= 15 is 0 Å². The average molecular weight is 386 g/mol. The predicted octanol–water partition coefficient (Wildman–Crippen LogP) is 2.26. The van der Waals surface area contributed by atoms with Gasteiger partial charge in [0.2, 0.25) is 5.91 Å². The number of ketones is 1. The fourth-order valence-corrected chi connectivity index (χ4v) is 2.97. The van der Waals surface area contributed by atoms with Crippen molar-refractivity contribution in [3.8, 4) is 0 Å². The van der Waals surface area contributed by atoms with Crippen LogP contribution in [0.3, 0.4) is 0 Å². The summed E-state index contributed by atoms with van der Waals surface area (Å²) >= 11 is 0. The fourth-order valence-electron chi connectivity index (χ4n) is 2.97. The van der Waals surface area contributed by atoms with Crippen molar-refractivity contribution in [1.82, 2.24) is 19.6 Å². The van der Waals surface area contributed by atoms with Gasteiger partial charge in [0.05, 0.1) is 11.8 Å². The van der Waals surface area contributed by atoms with E-state index in [0.29, 0.717) is 34.7 Å². The largest absolute Gasteiger partial charge is 0.366 e. The number of nitrogens with zero attached hydrogens (tertiary/aromatic N) is 4. The van der Waals surface area contributed by atoms with Crippen LogP contribution in [-0.2, 0) is 13.0 Å². The Hall–Kier alpha value is -4.07. The third kappa shape index (κ3) is 4.11. The van der Waals surface area contributed by atoms with E-state index in [9.17, 15) is 9.59 Å². The number of anilines is 1. The Morgan fingerprint density at radius 3 is 2.72 bits per heavy atom. The molecule has 29 heavy (non-hydrogen) atoms. The summed E-state index contributed by atoms with van der Waals surface area (Å²) in [6, 6.07) is 12.4. The van der Waals surface area contributed by atoms with Crippen molar-refractivity contribution in [2.45, 2.75) is 13.0 Å². The van der Waals surface area contributed by atoms with Gasteiger partial charge in [-0.15, -0.1) is 0 Å². The Kier molecular flexibility index (Phi) is 4.98. The molecule has 8 nitrogen and oxygen atoms in total. The van der Waals surface area contributed by atoms with E-state index in [0.717, 1.165) is 5.56 Å². The SMILES string of the molecule is NC(=O)c1cccc(CC(=O)c2cnn3ccc(NCc4cccnc4)nc23)c1. The van der Waals surface area contributed by atoms with Crippen LogP contribution in [0.4, 0.5) is 5.82 Å². The van der Waals surface area contributed by atoms with E-state index in [1.165, 1.54) is 6.20 Å². The molecule has 4 aromatic rings. The maximum Gasteiger partial charge on any atom is 0.248 e. The summed E-state index contributed by atoms with van der Waals surface area (Å²) < 4.78 is 1.56. The quantitative estimate of drug-likeness (QED) is 0.471. The number of hydrogen-bond acceptors (Lipinski definition) is 6. The summed E-state index contributed by atoms with van der Waals surface area (Å²) in [7, 11) is 0. The molecular weight excluding hydrogens is 368 g/mol. The van der Waals surface area contributed by atoms with Crippen LogP contribution >= 0.6 is 0 Å². The molecule has 0 atom stereocenters. The average Bonchev–Trinajstić information content (AvgIpc) is 3.16. The summed E-state index contributed by atoms with van der Waals surface area (Å²) in [6.07, 6.45) is 6.88. The molecular formula is C21H18N6O2. The number of rotatable bonds is 7. The molecule has 1 aromatic carbocycles. The Balaban J connectivity index is 1.54. The van der Waals surface area contributed by atoms with E-state index in [-0.39, 0.29) is 12.2 Å². The smallest absolute Gasteiger partial charge is 0.248 e. The molecule has 3 aromatic heterocycles. The first kappa shape index (κ1) is 18.3. The molecule has 0 aliphatic heterocycles. The van der Waals surface area contributed by atoms with Crippen LogP contribution in [0.15, 0.2) is 67.3 Å². The molecule has 1 amide bonds. The van der Waals surface area contributed by atoms with Gasteiger partial charge < -0.3 is 11.1 Å². The van der Waals surface area contributed by atoms with Crippen LogP contribution in [0, 0.1) is 0 Å². The Morgan fingerprint density at radius 2 is 1.93 bits per heavy atom. The molecule has 4 rings (SSSR count). The maximum absolute atomic E-state index is 12.8. The monoisotopic (exact) mass is 386 g/mol. The van der Waals surface area contributed by atoms with Crippen LogP contribution in [-0.4, -0.2) is 31.3 Å². The Morgan fingerprint density at radius 1 is 1.07 bits per heavy atom. The van der Waals surface area contributed by atoms with Crippen molar-refractivity contribution >= 4 is 23.2 Å².